The van der Waals surface area contributed by atoms with Crippen LogP contribution in [0.5, 0.6) is 0 Å². The summed E-state index contributed by atoms with van der Waals surface area (Å²) in [5, 5.41) is 15.6. The summed E-state index contributed by atoms with van der Waals surface area (Å²) in [4.78, 5) is 37.5. The lowest BCUT2D eigenvalue weighted by atomic mass is 9.80. The van der Waals surface area contributed by atoms with E-state index in [0.29, 0.717) is 23.5 Å². The number of halogens is 3. The number of anilines is 1. The second-order valence-electron chi connectivity index (χ2n) is 9.82. The summed E-state index contributed by atoms with van der Waals surface area (Å²) in [6.07, 6.45) is -1.30. The number of benzene rings is 1. The van der Waals surface area contributed by atoms with Crippen molar-refractivity contribution in [3.8, 4) is 0 Å². The molecule has 12 heteroatoms. The molecule has 1 fully saturated rings. The normalized spacial score (nSPS) is 15.0. The fourth-order valence-electron chi connectivity index (χ4n) is 4.19. The molecule has 0 radical (unpaired) electrons. The Morgan fingerprint density at radius 1 is 1.11 bits per heavy atom. The summed E-state index contributed by atoms with van der Waals surface area (Å²) in [5.74, 6) is -1.59. The van der Waals surface area contributed by atoms with Crippen molar-refractivity contribution in [1.29, 1.82) is 0 Å². The molecule has 1 amide bonds. The van der Waals surface area contributed by atoms with E-state index in [0.717, 1.165) is 31.4 Å². The molecule has 1 atom stereocenters. The molecule has 37 heavy (non-hydrogen) atoms. The fourth-order valence-corrected chi connectivity index (χ4v) is 4.19. The average molecular weight is 519 g/mol. The lowest BCUT2D eigenvalue weighted by Crippen LogP contribution is -2.32. The molecule has 0 aliphatic heterocycles. The molecule has 0 spiro atoms. The third kappa shape index (κ3) is 5.83. The first-order chi connectivity index (χ1) is 17.4. The first-order valence-electron chi connectivity index (χ1n) is 12.2. The third-order valence-electron chi connectivity index (χ3n) is 6.51. The summed E-state index contributed by atoms with van der Waals surface area (Å²) < 4.78 is 40.7. The number of carboxylic acids is 1. The standard InChI is InChI=1S/C25H29F3N6O3/c1-13(2)11-29-23(35)22-33-20-18(34(22)12-15-7-9-17(10-8-15)25(26,27)28)19(31-21(32-20)24(36)37)30-14(3)16-5-4-6-16/h7-10,13-14,16H,4-6,11-12H2,1-3H3,(H,29,35)(H,36,37)(H,30,31,32)/t14-/m1/s1. The molecule has 0 saturated heterocycles. The zero-order chi connectivity index (χ0) is 26.9. The van der Waals surface area contributed by atoms with Crippen LogP contribution in [0.15, 0.2) is 24.3 Å². The van der Waals surface area contributed by atoms with Crippen LogP contribution in [0, 0.1) is 11.8 Å². The van der Waals surface area contributed by atoms with Gasteiger partial charge in [0, 0.05) is 12.6 Å². The molecule has 198 valence electrons. The Hall–Kier alpha value is -3.70. The summed E-state index contributed by atoms with van der Waals surface area (Å²) >= 11 is 0. The molecule has 1 aliphatic rings. The summed E-state index contributed by atoms with van der Waals surface area (Å²) in [6, 6.07) is 4.59. The number of nitrogens with one attached hydrogen (secondary N) is 2. The van der Waals surface area contributed by atoms with Crippen LogP contribution >= 0.6 is 0 Å². The van der Waals surface area contributed by atoms with Gasteiger partial charge in [0.1, 0.15) is 5.52 Å². The van der Waals surface area contributed by atoms with Crippen molar-refractivity contribution >= 4 is 28.9 Å². The van der Waals surface area contributed by atoms with Crippen molar-refractivity contribution in [3.05, 3.63) is 47.0 Å². The van der Waals surface area contributed by atoms with Crippen LogP contribution in [0.1, 0.15) is 72.4 Å². The van der Waals surface area contributed by atoms with Crippen LogP contribution in [-0.4, -0.2) is 49.1 Å². The van der Waals surface area contributed by atoms with Crippen molar-refractivity contribution in [2.45, 2.75) is 58.8 Å². The van der Waals surface area contributed by atoms with Gasteiger partial charge in [-0.25, -0.2) is 19.7 Å². The lowest BCUT2D eigenvalue weighted by Gasteiger charge is -2.32. The van der Waals surface area contributed by atoms with Gasteiger partial charge in [-0.05, 0) is 49.3 Å². The Bertz CT molecular complexity index is 1300. The summed E-state index contributed by atoms with van der Waals surface area (Å²) in [6.45, 7) is 6.21. The molecular formula is C25H29F3N6O3. The maximum absolute atomic E-state index is 13.1. The van der Waals surface area contributed by atoms with Gasteiger partial charge in [0.05, 0.1) is 12.1 Å². The van der Waals surface area contributed by atoms with Crippen molar-refractivity contribution in [2.24, 2.45) is 11.8 Å². The molecule has 1 aromatic carbocycles. The third-order valence-corrected chi connectivity index (χ3v) is 6.51. The zero-order valence-electron chi connectivity index (χ0n) is 20.8. The highest BCUT2D eigenvalue weighted by atomic mass is 19.4. The van der Waals surface area contributed by atoms with Gasteiger partial charge >= 0.3 is 12.1 Å². The Labute approximate surface area is 211 Å². The van der Waals surface area contributed by atoms with E-state index in [1.807, 2.05) is 20.8 Å². The Morgan fingerprint density at radius 3 is 2.32 bits per heavy atom. The molecule has 1 saturated carbocycles. The van der Waals surface area contributed by atoms with Gasteiger partial charge in [0.15, 0.2) is 11.5 Å². The van der Waals surface area contributed by atoms with Gasteiger partial charge in [-0.2, -0.15) is 13.2 Å². The monoisotopic (exact) mass is 518 g/mol. The van der Waals surface area contributed by atoms with E-state index in [1.165, 1.54) is 16.7 Å². The number of aromatic nitrogens is 4. The minimum absolute atomic E-state index is 0.00133. The zero-order valence-corrected chi connectivity index (χ0v) is 20.8. The van der Waals surface area contributed by atoms with Crippen LogP contribution in [0.4, 0.5) is 19.0 Å². The Balaban J connectivity index is 1.83. The number of aromatic carboxylic acids is 1. The number of nitrogens with zero attached hydrogens (tertiary/aromatic N) is 4. The van der Waals surface area contributed by atoms with Crippen LogP contribution < -0.4 is 10.6 Å². The van der Waals surface area contributed by atoms with E-state index in [1.54, 1.807) is 0 Å². The highest BCUT2D eigenvalue weighted by Gasteiger charge is 2.31. The SMILES string of the molecule is CC(C)CNC(=O)c1nc2nc(C(=O)O)nc(N[C@H](C)C3CCC3)c2n1Cc1ccc(C(F)(F)F)cc1. The molecule has 3 aromatic rings. The number of rotatable bonds is 9. The van der Waals surface area contributed by atoms with Gasteiger partial charge in [-0.3, -0.25) is 4.79 Å². The predicted octanol–water partition coefficient (Wildman–Crippen LogP) is 4.58. The number of amides is 1. The van der Waals surface area contributed by atoms with Crippen molar-refractivity contribution in [1.82, 2.24) is 24.8 Å². The first kappa shape index (κ1) is 26.4. The van der Waals surface area contributed by atoms with Crippen molar-refractivity contribution in [3.63, 3.8) is 0 Å². The molecule has 1 aliphatic carbocycles. The highest BCUT2D eigenvalue weighted by molar-refractivity contribution is 5.97. The number of hydrogen-bond acceptors (Lipinski definition) is 6. The Morgan fingerprint density at radius 2 is 1.78 bits per heavy atom. The maximum atomic E-state index is 13.1. The van der Waals surface area contributed by atoms with Crippen LogP contribution in [-0.2, 0) is 12.7 Å². The first-order valence-corrected chi connectivity index (χ1v) is 12.2. The topological polar surface area (TPSA) is 122 Å². The summed E-state index contributed by atoms with van der Waals surface area (Å²) in [7, 11) is 0. The Kier molecular flexibility index (Phi) is 7.37. The summed E-state index contributed by atoms with van der Waals surface area (Å²) in [5.41, 5.74) is 0.0290. The van der Waals surface area contributed by atoms with E-state index in [9.17, 15) is 27.9 Å². The second kappa shape index (κ2) is 10.3. The number of hydrogen-bond donors (Lipinski definition) is 3. The molecule has 2 aromatic heterocycles. The van der Waals surface area contributed by atoms with E-state index in [4.69, 9.17) is 0 Å². The molecule has 2 heterocycles. The van der Waals surface area contributed by atoms with Gasteiger partial charge in [-0.15, -0.1) is 0 Å². The van der Waals surface area contributed by atoms with Crippen molar-refractivity contribution < 1.29 is 27.9 Å². The number of alkyl halides is 3. The number of carbonyl (C=O) groups excluding carboxylic acids is 1. The van der Waals surface area contributed by atoms with Gasteiger partial charge in [0.2, 0.25) is 11.6 Å². The largest absolute Gasteiger partial charge is 0.475 e. The van der Waals surface area contributed by atoms with Gasteiger partial charge in [-0.1, -0.05) is 32.4 Å². The molecule has 3 N–H and O–H groups in total. The number of imidazole rings is 1. The fraction of sp³-hybridized carbons (Fsp3) is 0.480. The average Bonchev–Trinajstić information content (AvgIpc) is 3.14. The lowest BCUT2D eigenvalue weighted by molar-refractivity contribution is -0.137. The molecule has 9 nitrogen and oxygen atoms in total. The molecule has 4 rings (SSSR count). The molecule has 0 unspecified atom stereocenters. The van der Waals surface area contributed by atoms with E-state index < -0.39 is 29.4 Å². The predicted molar refractivity (Wildman–Crippen MR) is 130 cm³/mol. The number of fused-ring (bicyclic) bond motifs is 1. The second-order valence-corrected chi connectivity index (χ2v) is 9.82. The highest BCUT2D eigenvalue weighted by Crippen LogP contribution is 2.33. The van der Waals surface area contributed by atoms with E-state index >= 15 is 0 Å². The van der Waals surface area contributed by atoms with E-state index in [2.05, 4.69) is 25.6 Å². The minimum atomic E-state index is -4.47. The van der Waals surface area contributed by atoms with Crippen LogP contribution in [0.2, 0.25) is 0 Å². The number of carbonyl (C=O) groups is 2. The van der Waals surface area contributed by atoms with Crippen LogP contribution in [0.3, 0.4) is 0 Å². The quantitative estimate of drug-likeness (QED) is 0.379. The van der Waals surface area contributed by atoms with Crippen LogP contribution in [0.25, 0.3) is 11.2 Å². The van der Waals surface area contributed by atoms with Crippen molar-refractivity contribution in [2.75, 3.05) is 11.9 Å². The van der Waals surface area contributed by atoms with E-state index in [-0.39, 0.29) is 35.8 Å². The minimum Gasteiger partial charge on any atom is -0.475 e. The van der Waals surface area contributed by atoms with Gasteiger partial charge in [0.25, 0.3) is 5.91 Å². The maximum Gasteiger partial charge on any atom is 0.416 e. The molecular weight excluding hydrogens is 489 g/mol. The van der Waals surface area contributed by atoms with Gasteiger partial charge < -0.3 is 20.3 Å². The molecule has 0 bridgehead atoms. The number of carboxylic acid groups (broad SMARTS) is 1. The smallest absolute Gasteiger partial charge is 0.416 e.